The predicted molar refractivity (Wildman–Crippen MR) is 143 cm³/mol. The SMILES string of the molecule is O=C([C@@H]1c2ccccc2C(=O)N(C2CCCC2)[C@H]1c1cccs1)N1CCN(Cc2ccccc2)CC1. The van der Waals surface area contributed by atoms with Gasteiger partial charge in [-0.25, -0.2) is 0 Å². The molecule has 36 heavy (non-hydrogen) atoms. The highest BCUT2D eigenvalue weighted by atomic mass is 32.1. The molecule has 0 spiro atoms. The molecular formula is C30H33N3O2S. The minimum absolute atomic E-state index is 0.0904. The Labute approximate surface area is 217 Å². The second-order valence-corrected chi connectivity index (χ2v) is 11.2. The van der Waals surface area contributed by atoms with Crippen LogP contribution in [0, 0.1) is 0 Å². The number of hydrogen-bond donors (Lipinski definition) is 0. The molecule has 3 heterocycles. The summed E-state index contributed by atoms with van der Waals surface area (Å²) in [5.74, 6) is -0.109. The first-order valence-electron chi connectivity index (χ1n) is 13.2. The molecule has 3 aromatic rings. The summed E-state index contributed by atoms with van der Waals surface area (Å²) in [6, 6.07) is 22.5. The number of amides is 2. The van der Waals surface area contributed by atoms with E-state index >= 15 is 0 Å². The molecule has 3 aliphatic rings. The van der Waals surface area contributed by atoms with Crippen molar-refractivity contribution in [3.8, 4) is 0 Å². The van der Waals surface area contributed by atoms with Crippen molar-refractivity contribution in [2.24, 2.45) is 0 Å². The van der Waals surface area contributed by atoms with Crippen molar-refractivity contribution in [3.63, 3.8) is 0 Å². The maximum absolute atomic E-state index is 14.3. The van der Waals surface area contributed by atoms with Crippen LogP contribution in [0.4, 0.5) is 0 Å². The van der Waals surface area contributed by atoms with Crippen molar-refractivity contribution in [1.29, 1.82) is 0 Å². The van der Waals surface area contributed by atoms with E-state index in [1.807, 2.05) is 41.3 Å². The van der Waals surface area contributed by atoms with Crippen LogP contribution >= 0.6 is 11.3 Å². The summed E-state index contributed by atoms with van der Waals surface area (Å²) in [6.45, 7) is 4.09. The fourth-order valence-electron chi connectivity index (χ4n) is 6.33. The van der Waals surface area contributed by atoms with Gasteiger partial charge in [0, 0.05) is 49.2 Å². The molecule has 2 aromatic carbocycles. The summed E-state index contributed by atoms with van der Waals surface area (Å²) < 4.78 is 0. The number of rotatable bonds is 5. The molecule has 186 valence electrons. The predicted octanol–water partition coefficient (Wildman–Crippen LogP) is 5.32. The zero-order valence-corrected chi connectivity index (χ0v) is 21.4. The molecule has 1 saturated heterocycles. The highest BCUT2D eigenvalue weighted by Gasteiger charge is 2.48. The van der Waals surface area contributed by atoms with E-state index in [-0.39, 0.29) is 29.8 Å². The minimum atomic E-state index is -0.362. The van der Waals surface area contributed by atoms with E-state index in [4.69, 9.17) is 0 Å². The third kappa shape index (κ3) is 4.37. The number of nitrogens with zero attached hydrogens (tertiary/aromatic N) is 3. The van der Waals surface area contributed by atoms with Crippen LogP contribution in [0.1, 0.15) is 64.0 Å². The van der Waals surface area contributed by atoms with Crippen LogP contribution in [-0.2, 0) is 11.3 Å². The zero-order chi connectivity index (χ0) is 24.5. The first-order valence-corrected chi connectivity index (χ1v) is 14.1. The molecule has 2 aliphatic heterocycles. The van der Waals surface area contributed by atoms with E-state index in [1.54, 1.807) is 11.3 Å². The molecule has 0 N–H and O–H groups in total. The molecule has 1 aliphatic carbocycles. The fourth-order valence-corrected chi connectivity index (χ4v) is 7.19. The van der Waals surface area contributed by atoms with Gasteiger partial charge in [0.15, 0.2) is 0 Å². The topological polar surface area (TPSA) is 43.9 Å². The van der Waals surface area contributed by atoms with E-state index in [2.05, 4.69) is 45.5 Å². The Hall–Kier alpha value is -2.96. The van der Waals surface area contributed by atoms with E-state index in [9.17, 15) is 9.59 Å². The molecule has 0 unspecified atom stereocenters. The van der Waals surface area contributed by atoms with E-state index in [0.29, 0.717) is 5.56 Å². The third-order valence-corrected chi connectivity index (χ3v) is 9.07. The van der Waals surface area contributed by atoms with E-state index in [1.165, 1.54) is 5.56 Å². The molecule has 1 saturated carbocycles. The Bertz CT molecular complexity index is 1200. The van der Waals surface area contributed by atoms with Crippen LogP contribution in [0.5, 0.6) is 0 Å². The van der Waals surface area contributed by atoms with Gasteiger partial charge in [-0.2, -0.15) is 0 Å². The van der Waals surface area contributed by atoms with Crippen molar-refractivity contribution in [2.45, 2.75) is 50.2 Å². The van der Waals surface area contributed by atoms with Crippen molar-refractivity contribution in [3.05, 3.63) is 93.7 Å². The van der Waals surface area contributed by atoms with Crippen LogP contribution < -0.4 is 0 Å². The Balaban J connectivity index is 1.30. The maximum atomic E-state index is 14.3. The van der Waals surface area contributed by atoms with Crippen molar-refractivity contribution < 1.29 is 9.59 Å². The van der Waals surface area contributed by atoms with Crippen LogP contribution in [0.2, 0.25) is 0 Å². The van der Waals surface area contributed by atoms with Crippen LogP contribution in [0.3, 0.4) is 0 Å². The maximum Gasteiger partial charge on any atom is 0.254 e. The molecule has 0 bridgehead atoms. The van der Waals surface area contributed by atoms with Gasteiger partial charge in [0.05, 0.1) is 12.0 Å². The van der Waals surface area contributed by atoms with Gasteiger partial charge >= 0.3 is 0 Å². The largest absolute Gasteiger partial charge is 0.340 e. The van der Waals surface area contributed by atoms with Gasteiger partial charge < -0.3 is 9.80 Å². The highest BCUT2D eigenvalue weighted by Crippen LogP contribution is 2.47. The number of benzene rings is 2. The quantitative estimate of drug-likeness (QED) is 0.478. The van der Waals surface area contributed by atoms with Gasteiger partial charge in [0.1, 0.15) is 0 Å². The zero-order valence-electron chi connectivity index (χ0n) is 20.6. The lowest BCUT2D eigenvalue weighted by Gasteiger charge is -2.46. The van der Waals surface area contributed by atoms with Crippen LogP contribution in [-0.4, -0.2) is 58.7 Å². The second kappa shape index (κ2) is 10.2. The van der Waals surface area contributed by atoms with Gasteiger partial charge in [-0.3, -0.25) is 14.5 Å². The lowest BCUT2D eigenvalue weighted by molar-refractivity contribution is -0.136. The number of thiophene rings is 1. The van der Waals surface area contributed by atoms with Gasteiger partial charge in [-0.05, 0) is 41.5 Å². The smallest absolute Gasteiger partial charge is 0.254 e. The Morgan fingerprint density at radius 1 is 0.861 bits per heavy atom. The summed E-state index contributed by atoms with van der Waals surface area (Å²) >= 11 is 1.67. The summed E-state index contributed by atoms with van der Waals surface area (Å²) in [5.41, 5.74) is 2.91. The molecule has 2 fully saturated rings. The van der Waals surface area contributed by atoms with Crippen molar-refractivity contribution in [2.75, 3.05) is 26.2 Å². The Kier molecular flexibility index (Phi) is 6.63. The van der Waals surface area contributed by atoms with Gasteiger partial charge in [-0.1, -0.05) is 67.4 Å². The second-order valence-electron chi connectivity index (χ2n) is 10.3. The standard InChI is InChI=1S/C30H33N3O2S/c34-29-25-14-7-6-13-24(25)27(28(26-15-8-20-36-26)33(29)23-11-4-5-12-23)30(35)32-18-16-31(17-19-32)21-22-9-2-1-3-10-22/h1-3,6-10,13-15,20,23,27-28H,4-5,11-12,16-19,21H2/t27-,28+/m1/s1. The average Bonchev–Trinajstić information content (AvgIpc) is 3.64. The Morgan fingerprint density at radius 3 is 2.31 bits per heavy atom. The summed E-state index contributed by atoms with van der Waals surface area (Å²) in [6.07, 6.45) is 4.34. The molecule has 5 nitrogen and oxygen atoms in total. The molecule has 0 radical (unpaired) electrons. The lowest BCUT2D eigenvalue weighted by Crippen LogP contribution is -2.54. The molecule has 6 rings (SSSR count). The summed E-state index contributed by atoms with van der Waals surface area (Å²) in [7, 11) is 0. The Morgan fingerprint density at radius 2 is 1.58 bits per heavy atom. The van der Waals surface area contributed by atoms with E-state index < -0.39 is 0 Å². The number of fused-ring (bicyclic) bond motifs is 1. The minimum Gasteiger partial charge on any atom is -0.340 e. The van der Waals surface area contributed by atoms with E-state index in [0.717, 1.165) is 68.8 Å². The molecule has 6 heteroatoms. The number of piperazine rings is 1. The first-order chi connectivity index (χ1) is 17.7. The lowest BCUT2D eigenvalue weighted by atomic mass is 9.80. The molecule has 2 atom stereocenters. The van der Waals surface area contributed by atoms with Crippen LogP contribution in [0.15, 0.2) is 72.1 Å². The first kappa shape index (κ1) is 23.4. The fraction of sp³-hybridized carbons (Fsp3) is 0.400. The number of hydrogen-bond acceptors (Lipinski definition) is 4. The van der Waals surface area contributed by atoms with Gasteiger partial charge in [0.2, 0.25) is 5.91 Å². The van der Waals surface area contributed by atoms with Crippen LogP contribution in [0.25, 0.3) is 0 Å². The number of carbonyl (C=O) groups excluding carboxylic acids is 2. The van der Waals surface area contributed by atoms with Gasteiger partial charge in [-0.15, -0.1) is 11.3 Å². The van der Waals surface area contributed by atoms with Crippen molar-refractivity contribution in [1.82, 2.24) is 14.7 Å². The third-order valence-electron chi connectivity index (χ3n) is 8.13. The average molecular weight is 500 g/mol. The summed E-state index contributed by atoms with van der Waals surface area (Å²) in [4.78, 5) is 35.9. The summed E-state index contributed by atoms with van der Waals surface area (Å²) in [5, 5.41) is 2.07. The molecular weight excluding hydrogens is 466 g/mol. The number of carbonyl (C=O) groups is 2. The normalized spacial score (nSPS) is 23.2. The highest BCUT2D eigenvalue weighted by molar-refractivity contribution is 7.10. The monoisotopic (exact) mass is 499 g/mol. The van der Waals surface area contributed by atoms with Crippen molar-refractivity contribution >= 4 is 23.2 Å². The molecule has 1 aromatic heterocycles. The van der Waals surface area contributed by atoms with Gasteiger partial charge in [0.25, 0.3) is 5.91 Å². The molecule has 2 amide bonds.